The van der Waals surface area contributed by atoms with Crippen molar-refractivity contribution in [3.8, 4) is 22.3 Å². The molecule has 4 rings (SSSR count). The molecule has 2 nitrogen and oxygen atoms in total. The van der Waals surface area contributed by atoms with Crippen molar-refractivity contribution < 1.29 is 0 Å². The second-order valence-electron chi connectivity index (χ2n) is 7.92. The van der Waals surface area contributed by atoms with Crippen LogP contribution in [-0.4, -0.2) is 11.1 Å². The van der Waals surface area contributed by atoms with E-state index in [1.807, 2.05) is 0 Å². The zero-order valence-corrected chi connectivity index (χ0v) is 16.7. The summed E-state index contributed by atoms with van der Waals surface area (Å²) in [6, 6.07) is 26.2. The molecule has 0 aliphatic rings. The lowest BCUT2D eigenvalue weighted by Crippen LogP contribution is -2.04. The molecule has 0 aliphatic heterocycles. The number of nitrogens with two attached hydrogens (primary N) is 1. The Kier molecular flexibility index (Phi) is 5.31. The third-order valence-corrected chi connectivity index (χ3v) is 5.24. The van der Waals surface area contributed by atoms with Gasteiger partial charge in [-0.05, 0) is 58.8 Å². The standard InChI is InChI=1S/C26H28N2/c1-19(2)17-28-18-24(13-14-27)25-12-11-23(16-26(25)28)22-10-6-9-21(15-22)20-7-4-3-5-8-20/h3-12,15-16,18-19H,13-14,17,27H2,1-2H3. The lowest BCUT2D eigenvalue weighted by atomic mass is 9.98. The van der Waals surface area contributed by atoms with E-state index in [9.17, 15) is 0 Å². The summed E-state index contributed by atoms with van der Waals surface area (Å²) in [5.74, 6) is 0.603. The van der Waals surface area contributed by atoms with Gasteiger partial charge in [-0.15, -0.1) is 0 Å². The number of nitrogens with zero attached hydrogens (tertiary/aromatic N) is 1. The maximum absolute atomic E-state index is 5.85. The lowest BCUT2D eigenvalue weighted by Gasteiger charge is -2.10. The van der Waals surface area contributed by atoms with E-state index < -0.39 is 0 Å². The molecule has 4 aromatic rings. The molecule has 0 aliphatic carbocycles. The van der Waals surface area contributed by atoms with Crippen molar-refractivity contribution >= 4 is 10.9 Å². The van der Waals surface area contributed by atoms with E-state index in [1.165, 1.54) is 38.7 Å². The Bertz CT molecular complexity index is 1070. The van der Waals surface area contributed by atoms with Crippen molar-refractivity contribution in [3.63, 3.8) is 0 Å². The van der Waals surface area contributed by atoms with Crippen molar-refractivity contribution in [2.75, 3.05) is 6.54 Å². The summed E-state index contributed by atoms with van der Waals surface area (Å²) in [6.07, 6.45) is 3.21. The number of benzene rings is 3. The van der Waals surface area contributed by atoms with Crippen LogP contribution in [0.25, 0.3) is 33.2 Å². The second kappa shape index (κ2) is 8.04. The molecule has 2 heteroatoms. The molecule has 0 saturated carbocycles. The monoisotopic (exact) mass is 368 g/mol. The van der Waals surface area contributed by atoms with Crippen LogP contribution in [0.15, 0.2) is 79.0 Å². The summed E-state index contributed by atoms with van der Waals surface area (Å²) < 4.78 is 2.40. The van der Waals surface area contributed by atoms with Crippen molar-refractivity contribution in [2.24, 2.45) is 11.7 Å². The number of hydrogen-bond acceptors (Lipinski definition) is 1. The summed E-state index contributed by atoms with van der Waals surface area (Å²) >= 11 is 0. The van der Waals surface area contributed by atoms with Gasteiger partial charge >= 0.3 is 0 Å². The average molecular weight is 369 g/mol. The Labute approximate surface area is 167 Å². The molecular weight excluding hydrogens is 340 g/mol. The van der Waals surface area contributed by atoms with Crippen LogP contribution < -0.4 is 5.73 Å². The molecule has 0 fully saturated rings. The van der Waals surface area contributed by atoms with Gasteiger partial charge in [-0.3, -0.25) is 0 Å². The third-order valence-electron chi connectivity index (χ3n) is 5.24. The minimum Gasteiger partial charge on any atom is -0.347 e. The van der Waals surface area contributed by atoms with Gasteiger partial charge in [0.05, 0.1) is 0 Å². The highest BCUT2D eigenvalue weighted by Gasteiger charge is 2.11. The summed E-state index contributed by atoms with van der Waals surface area (Å²) in [6.45, 7) is 6.24. The summed E-state index contributed by atoms with van der Waals surface area (Å²) in [5.41, 5.74) is 13.5. The van der Waals surface area contributed by atoms with Gasteiger partial charge in [-0.2, -0.15) is 0 Å². The van der Waals surface area contributed by atoms with Gasteiger partial charge in [0.1, 0.15) is 0 Å². The number of rotatable bonds is 6. The van der Waals surface area contributed by atoms with E-state index in [4.69, 9.17) is 5.73 Å². The van der Waals surface area contributed by atoms with Crippen LogP contribution in [0.4, 0.5) is 0 Å². The predicted octanol–water partition coefficient (Wildman–Crippen LogP) is 6.13. The zero-order chi connectivity index (χ0) is 19.5. The second-order valence-corrected chi connectivity index (χ2v) is 7.92. The van der Waals surface area contributed by atoms with E-state index in [-0.39, 0.29) is 0 Å². The van der Waals surface area contributed by atoms with E-state index in [2.05, 4.69) is 97.4 Å². The topological polar surface area (TPSA) is 30.9 Å². The van der Waals surface area contributed by atoms with Crippen LogP contribution in [0.2, 0.25) is 0 Å². The molecule has 0 amide bonds. The fraction of sp³-hybridized carbons (Fsp3) is 0.231. The molecule has 0 radical (unpaired) electrons. The van der Waals surface area contributed by atoms with Gasteiger partial charge in [0.2, 0.25) is 0 Å². The highest BCUT2D eigenvalue weighted by Crippen LogP contribution is 2.31. The normalized spacial score (nSPS) is 11.4. The lowest BCUT2D eigenvalue weighted by molar-refractivity contribution is 0.534. The molecule has 0 unspecified atom stereocenters. The number of fused-ring (bicyclic) bond motifs is 1. The Morgan fingerprint density at radius 1 is 0.786 bits per heavy atom. The molecular formula is C26H28N2. The minimum absolute atomic E-state index is 0.603. The maximum atomic E-state index is 5.85. The summed E-state index contributed by atoms with van der Waals surface area (Å²) in [7, 11) is 0. The SMILES string of the molecule is CC(C)Cn1cc(CCN)c2ccc(-c3cccc(-c4ccccc4)c3)cc21. The van der Waals surface area contributed by atoms with Crippen LogP contribution in [0.5, 0.6) is 0 Å². The van der Waals surface area contributed by atoms with Gasteiger partial charge in [-0.1, -0.05) is 74.5 Å². The fourth-order valence-electron chi connectivity index (χ4n) is 3.96. The third kappa shape index (κ3) is 3.74. The fourth-order valence-corrected chi connectivity index (χ4v) is 3.96. The van der Waals surface area contributed by atoms with Gasteiger partial charge < -0.3 is 10.3 Å². The van der Waals surface area contributed by atoms with Crippen LogP contribution in [-0.2, 0) is 13.0 Å². The van der Waals surface area contributed by atoms with Crippen LogP contribution in [0.1, 0.15) is 19.4 Å². The van der Waals surface area contributed by atoms with Crippen LogP contribution in [0.3, 0.4) is 0 Å². The van der Waals surface area contributed by atoms with Crippen molar-refractivity contribution in [1.82, 2.24) is 4.57 Å². The van der Waals surface area contributed by atoms with E-state index >= 15 is 0 Å². The van der Waals surface area contributed by atoms with Gasteiger partial charge in [0, 0.05) is 23.6 Å². The van der Waals surface area contributed by atoms with Crippen molar-refractivity contribution in [1.29, 1.82) is 0 Å². The first-order valence-corrected chi connectivity index (χ1v) is 10.1. The molecule has 0 bridgehead atoms. The molecule has 28 heavy (non-hydrogen) atoms. The predicted molar refractivity (Wildman–Crippen MR) is 120 cm³/mol. The minimum atomic E-state index is 0.603. The maximum Gasteiger partial charge on any atom is 0.0489 e. The molecule has 0 atom stereocenters. The van der Waals surface area contributed by atoms with E-state index in [1.54, 1.807) is 0 Å². The first kappa shape index (κ1) is 18.5. The molecule has 3 aromatic carbocycles. The van der Waals surface area contributed by atoms with Gasteiger partial charge in [0.15, 0.2) is 0 Å². The zero-order valence-electron chi connectivity index (χ0n) is 16.7. The molecule has 142 valence electrons. The Hall–Kier alpha value is -2.84. The largest absolute Gasteiger partial charge is 0.347 e. The number of aromatic nitrogens is 1. The van der Waals surface area contributed by atoms with Crippen LogP contribution >= 0.6 is 0 Å². The molecule has 2 N–H and O–H groups in total. The quantitative estimate of drug-likeness (QED) is 0.436. The Morgan fingerprint density at radius 2 is 1.46 bits per heavy atom. The molecule has 0 spiro atoms. The highest BCUT2D eigenvalue weighted by atomic mass is 15.0. The van der Waals surface area contributed by atoms with Crippen molar-refractivity contribution in [2.45, 2.75) is 26.8 Å². The van der Waals surface area contributed by atoms with Gasteiger partial charge in [0.25, 0.3) is 0 Å². The van der Waals surface area contributed by atoms with E-state index in [0.717, 1.165) is 13.0 Å². The first-order valence-electron chi connectivity index (χ1n) is 10.1. The summed E-state index contributed by atoms with van der Waals surface area (Å²) in [4.78, 5) is 0. The smallest absolute Gasteiger partial charge is 0.0489 e. The Morgan fingerprint density at radius 3 is 2.18 bits per heavy atom. The number of hydrogen-bond donors (Lipinski definition) is 1. The summed E-state index contributed by atoms with van der Waals surface area (Å²) in [5, 5.41) is 1.33. The average Bonchev–Trinajstić information content (AvgIpc) is 3.05. The van der Waals surface area contributed by atoms with Crippen molar-refractivity contribution in [3.05, 3.63) is 84.6 Å². The van der Waals surface area contributed by atoms with Gasteiger partial charge in [-0.25, -0.2) is 0 Å². The molecule has 1 heterocycles. The molecule has 1 aromatic heterocycles. The highest BCUT2D eigenvalue weighted by molar-refractivity contribution is 5.89. The van der Waals surface area contributed by atoms with E-state index in [0.29, 0.717) is 12.5 Å². The molecule has 0 saturated heterocycles. The Balaban J connectivity index is 1.79. The van der Waals surface area contributed by atoms with Crippen LogP contribution in [0, 0.1) is 5.92 Å². The first-order chi connectivity index (χ1) is 13.7.